The predicted molar refractivity (Wildman–Crippen MR) is 116 cm³/mol. The molecule has 0 bridgehead atoms. The second kappa shape index (κ2) is 10.0. The lowest BCUT2D eigenvalue weighted by Crippen LogP contribution is -2.31. The maximum atomic E-state index is 14.1. The molecule has 0 fully saturated rings. The molecule has 1 amide bonds. The van der Waals surface area contributed by atoms with Gasteiger partial charge < -0.3 is 10.1 Å². The van der Waals surface area contributed by atoms with Crippen molar-refractivity contribution in [3.63, 3.8) is 0 Å². The first kappa shape index (κ1) is 21.5. The third-order valence-electron chi connectivity index (χ3n) is 4.76. The Hall–Kier alpha value is -3.19. The van der Waals surface area contributed by atoms with Crippen molar-refractivity contribution in [3.05, 3.63) is 71.7 Å². The highest BCUT2D eigenvalue weighted by atomic mass is 19.1. The Morgan fingerprint density at radius 1 is 1.20 bits per heavy atom. The molecule has 2 aromatic carbocycles. The predicted octanol–water partition coefficient (Wildman–Crippen LogP) is 3.83. The average molecular weight is 410 g/mol. The first-order valence-electron chi connectivity index (χ1n) is 9.89. The van der Waals surface area contributed by atoms with E-state index in [4.69, 9.17) is 4.74 Å². The second-order valence-corrected chi connectivity index (χ2v) is 7.27. The zero-order valence-electron chi connectivity index (χ0n) is 17.6. The number of carbonyl (C=O) groups excluding carboxylic acids is 1. The monoisotopic (exact) mass is 410 g/mol. The summed E-state index contributed by atoms with van der Waals surface area (Å²) < 4.78 is 20.7. The third kappa shape index (κ3) is 5.67. The van der Waals surface area contributed by atoms with Crippen molar-refractivity contribution >= 4 is 11.7 Å². The molecular weight excluding hydrogens is 383 g/mol. The van der Waals surface area contributed by atoms with Crippen molar-refractivity contribution in [1.82, 2.24) is 14.7 Å². The summed E-state index contributed by atoms with van der Waals surface area (Å²) in [6.45, 7) is 2.83. The first-order chi connectivity index (χ1) is 14.5. The van der Waals surface area contributed by atoms with Gasteiger partial charge in [-0.2, -0.15) is 5.10 Å². The van der Waals surface area contributed by atoms with Crippen LogP contribution in [0.4, 0.5) is 10.2 Å². The number of para-hydroxylation sites is 1. The van der Waals surface area contributed by atoms with Gasteiger partial charge in [-0.15, -0.1) is 0 Å². The van der Waals surface area contributed by atoms with Gasteiger partial charge in [-0.3, -0.25) is 9.69 Å². The lowest BCUT2D eigenvalue weighted by atomic mass is 10.1. The number of likely N-dealkylation sites (N-methyl/N-ethyl adjacent to an activating group) is 1. The van der Waals surface area contributed by atoms with Crippen molar-refractivity contribution in [1.29, 1.82) is 0 Å². The molecule has 158 valence electrons. The molecule has 0 radical (unpaired) electrons. The number of methoxy groups -OCH3 is 1. The fraction of sp³-hybridized carbons (Fsp3) is 0.304. The van der Waals surface area contributed by atoms with Gasteiger partial charge in [0, 0.05) is 6.07 Å². The summed E-state index contributed by atoms with van der Waals surface area (Å²) in [5.74, 6) is 0.734. The Labute approximate surface area is 176 Å². The Balaban J connectivity index is 1.52. The van der Waals surface area contributed by atoms with E-state index in [9.17, 15) is 9.18 Å². The molecule has 1 heterocycles. The van der Waals surface area contributed by atoms with E-state index >= 15 is 0 Å². The molecule has 0 aliphatic rings. The summed E-state index contributed by atoms with van der Waals surface area (Å²) in [5.41, 5.74) is 2.23. The van der Waals surface area contributed by atoms with Gasteiger partial charge in [0.2, 0.25) is 5.91 Å². The van der Waals surface area contributed by atoms with Gasteiger partial charge in [0.1, 0.15) is 23.1 Å². The number of nitrogens with one attached hydrogen (secondary N) is 1. The number of hydrogen-bond donors (Lipinski definition) is 1. The fourth-order valence-electron chi connectivity index (χ4n) is 3.25. The molecule has 7 heteroatoms. The second-order valence-electron chi connectivity index (χ2n) is 7.27. The molecule has 6 nitrogen and oxygen atoms in total. The number of ether oxygens (including phenoxy) is 1. The fourth-order valence-corrected chi connectivity index (χ4v) is 3.25. The number of anilines is 1. The smallest absolute Gasteiger partial charge is 0.239 e. The molecule has 0 atom stereocenters. The third-order valence-corrected chi connectivity index (χ3v) is 4.76. The summed E-state index contributed by atoms with van der Waals surface area (Å²) in [5, 5.41) is 7.16. The van der Waals surface area contributed by atoms with Gasteiger partial charge >= 0.3 is 0 Å². The number of rotatable bonds is 9. The molecule has 0 saturated heterocycles. The van der Waals surface area contributed by atoms with E-state index < -0.39 is 5.82 Å². The minimum atomic E-state index is -0.397. The van der Waals surface area contributed by atoms with Crippen molar-refractivity contribution < 1.29 is 13.9 Å². The van der Waals surface area contributed by atoms with Crippen LogP contribution < -0.4 is 10.1 Å². The quantitative estimate of drug-likeness (QED) is 0.582. The first-order valence-corrected chi connectivity index (χ1v) is 9.89. The van der Waals surface area contributed by atoms with E-state index in [1.807, 2.05) is 24.1 Å². The van der Waals surface area contributed by atoms with Crippen LogP contribution in [-0.4, -0.2) is 47.8 Å². The SMILES string of the molecule is COc1ccc(CCCN(C)CC(=O)Nc2cc(C)nn2-c2ccccc2F)cc1. The number of halogens is 1. The highest BCUT2D eigenvalue weighted by Gasteiger charge is 2.14. The van der Waals surface area contributed by atoms with Gasteiger partial charge in [-0.05, 0) is 63.2 Å². The molecule has 0 saturated carbocycles. The van der Waals surface area contributed by atoms with E-state index in [1.54, 1.807) is 38.3 Å². The highest BCUT2D eigenvalue weighted by Crippen LogP contribution is 2.19. The van der Waals surface area contributed by atoms with Crippen LogP contribution in [0, 0.1) is 12.7 Å². The topological polar surface area (TPSA) is 59.4 Å². The molecule has 0 aliphatic heterocycles. The lowest BCUT2D eigenvalue weighted by Gasteiger charge is -2.16. The van der Waals surface area contributed by atoms with Gasteiger partial charge in [-0.1, -0.05) is 24.3 Å². The Morgan fingerprint density at radius 2 is 1.93 bits per heavy atom. The van der Waals surface area contributed by atoms with Crippen LogP contribution in [-0.2, 0) is 11.2 Å². The number of carbonyl (C=O) groups is 1. The lowest BCUT2D eigenvalue weighted by molar-refractivity contribution is -0.117. The number of benzene rings is 2. The maximum absolute atomic E-state index is 14.1. The number of hydrogen-bond acceptors (Lipinski definition) is 4. The van der Waals surface area contributed by atoms with Gasteiger partial charge in [0.15, 0.2) is 0 Å². The van der Waals surface area contributed by atoms with Gasteiger partial charge in [0.05, 0.1) is 19.3 Å². The summed E-state index contributed by atoms with van der Waals surface area (Å²) in [4.78, 5) is 14.5. The molecule has 30 heavy (non-hydrogen) atoms. The molecule has 3 aromatic rings. The van der Waals surface area contributed by atoms with Gasteiger partial charge in [-0.25, -0.2) is 9.07 Å². The Morgan fingerprint density at radius 3 is 2.63 bits per heavy atom. The van der Waals surface area contributed by atoms with Crippen LogP contribution in [0.1, 0.15) is 17.7 Å². The Bertz CT molecular complexity index is 985. The molecular formula is C23H27FN4O2. The maximum Gasteiger partial charge on any atom is 0.239 e. The van der Waals surface area contributed by atoms with Crippen molar-refractivity contribution in [3.8, 4) is 11.4 Å². The zero-order valence-corrected chi connectivity index (χ0v) is 17.6. The number of nitrogens with zero attached hydrogens (tertiary/aromatic N) is 3. The Kier molecular flexibility index (Phi) is 7.19. The van der Waals surface area contributed by atoms with Gasteiger partial charge in [0.25, 0.3) is 0 Å². The average Bonchev–Trinajstić information content (AvgIpc) is 3.08. The summed E-state index contributed by atoms with van der Waals surface area (Å²) >= 11 is 0. The molecule has 1 aromatic heterocycles. The van der Waals surface area contributed by atoms with Crippen molar-refractivity contribution in [2.24, 2.45) is 0 Å². The van der Waals surface area contributed by atoms with E-state index in [0.29, 0.717) is 17.2 Å². The van der Waals surface area contributed by atoms with E-state index in [-0.39, 0.29) is 12.5 Å². The standard InChI is InChI=1S/C23H27FN4O2/c1-17-15-22(28(26-17)21-9-5-4-8-20(21)24)25-23(29)16-27(2)14-6-7-18-10-12-19(30-3)13-11-18/h4-5,8-13,15H,6-7,14,16H2,1-3H3,(H,25,29). The van der Waals surface area contributed by atoms with Crippen LogP contribution in [0.15, 0.2) is 54.6 Å². The molecule has 0 aliphatic carbocycles. The highest BCUT2D eigenvalue weighted by molar-refractivity contribution is 5.91. The zero-order chi connectivity index (χ0) is 21.5. The summed E-state index contributed by atoms with van der Waals surface area (Å²) in [6.07, 6.45) is 1.86. The van der Waals surface area contributed by atoms with Crippen LogP contribution >= 0.6 is 0 Å². The molecule has 0 spiro atoms. The number of aryl methyl sites for hydroxylation is 2. The summed E-state index contributed by atoms with van der Waals surface area (Å²) in [7, 11) is 3.56. The van der Waals surface area contributed by atoms with E-state index in [1.165, 1.54) is 16.3 Å². The molecule has 3 rings (SSSR count). The minimum Gasteiger partial charge on any atom is -0.497 e. The van der Waals surface area contributed by atoms with Crippen molar-refractivity contribution in [2.75, 3.05) is 32.6 Å². The number of aromatic nitrogens is 2. The van der Waals surface area contributed by atoms with Crippen LogP contribution in [0.25, 0.3) is 5.69 Å². The molecule has 0 unspecified atom stereocenters. The minimum absolute atomic E-state index is 0.167. The summed E-state index contributed by atoms with van der Waals surface area (Å²) in [6, 6.07) is 16.1. The van der Waals surface area contributed by atoms with E-state index in [0.717, 1.165) is 25.1 Å². The van der Waals surface area contributed by atoms with Crippen molar-refractivity contribution in [2.45, 2.75) is 19.8 Å². The number of amides is 1. The van der Waals surface area contributed by atoms with E-state index in [2.05, 4.69) is 22.5 Å². The van der Waals surface area contributed by atoms with Crippen LogP contribution in [0.3, 0.4) is 0 Å². The molecule has 1 N–H and O–H groups in total. The normalized spacial score (nSPS) is 11.0. The van der Waals surface area contributed by atoms with Crippen LogP contribution in [0.5, 0.6) is 5.75 Å². The largest absolute Gasteiger partial charge is 0.497 e. The van der Waals surface area contributed by atoms with Crippen LogP contribution in [0.2, 0.25) is 0 Å².